The Bertz CT molecular complexity index is 1380. The van der Waals surface area contributed by atoms with Gasteiger partial charge in [-0.2, -0.15) is 13.2 Å². The summed E-state index contributed by atoms with van der Waals surface area (Å²) < 4.78 is 77.8. The average Bonchev–Trinajstić information content (AvgIpc) is 3.09. The maximum atomic E-state index is 13.5. The lowest BCUT2D eigenvalue weighted by atomic mass is 10.0. The molecule has 1 heterocycles. The number of rotatable bonds is 6. The Balaban J connectivity index is 2.27. The van der Waals surface area contributed by atoms with E-state index in [4.69, 9.17) is 0 Å². The van der Waals surface area contributed by atoms with E-state index >= 15 is 0 Å². The van der Waals surface area contributed by atoms with Crippen LogP contribution < -0.4 is 0 Å². The number of amides is 1. The number of benzene rings is 2. The lowest BCUT2D eigenvalue weighted by molar-refractivity contribution is -0.188. The molecule has 186 valence electrons. The number of aliphatic carboxylic acids is 1. The molecule has 3 rings (SSSR count). The zero-order valence-electron chi connectivity index (χ0n) is 18.7. The lowest BCUT2D eigenvalue weighted by Crippen LogP contribution is -2.43. The van der Waals surface area contributed by atoms with E-state index < -0.39 is 39.7 Å². The summed E-state index contributed by atoms with van der Waals surface area (Å²) in [5, 5.41) is 9.75. The normalized spacial score (nSPS) is 12.9. The predicted molar refractivity (Wildman–Crippen MR) is 118 cm³/mol. The molecule has 35 heavy (non-hydrogen) atoms. The minimum atomic E-state index is -5.29. The number of alkyl halides is 3. The van der Waals surface area contributed by atoms with Crippen molar-refractivity contribution in [1.82, 2.24) is 9.47 Å². The Hall–Kier alpha value is -3.67. The van der Waals surface area contributed by atoms with E-state index in [2.05, 4.69) is 0 Å². The standard InChI is InChI=1S/C23H20F4N2O5S/c1-13-18(20(21(30)31)28(2)22(32)23(25,26)27)12-19(29(13)16-8-6-15(24)7-9-16)14-4-10-17(11-5-14)35(3,33)34/h4-12,20H,1-3H3,(H,30,31)/t20-/m1/s1. The average molecular weight is 512 g/mol. The molecule has 0 radical (unpaired) electrons. The third kappa shape index (κ3) is 5.21. The molecular formula is C23H20F4N2O5S. The van der Waals surface area contributed by atoms with Gasteiger partial charge in [-0.3, -0.25) is 4.79 Å². The summed E-state index contributed by atoms with van der Waals surface area (Å²) >= 11 is 0. The summed E-state index contributed by atoms with van der Waals surface area (Å²) in [4.78, 5) is 24.0. The van der Waals surface area contributed by atoms with Crippen molar-refractivity contribution in [1.29, 1.82) is 0 Å². The molecule has 12 heteroatoms. The molecule has 1 amide bonds. The fourth-order valence-electron chi connectivity index (χ4n) is 3.74. The van der Waals surface area contributed by atoms with E-state index in [1.54, 1.807) is 0 Å². The summed E-state index contributed by atoms with van der Waals surface area (Å²) in [5.41, 5.74) is 1.15. The molecule has 0 fully saturated rings. The molecule has 0 aliphatic rings. The molecule has 1 N–H and O–H groups in total. The van der Waals surface area contributed by atoms with Gasteiger partial charge < -0.3 is 14.6 Å². The Kier molecular flexibility index (Phi) is 6.80. The number of likely N-dealkylation sites (N-methyl/N-ethyl adjacent to an activating group) is 1. The summed E-state index contributed by atoms with van der Waals surface area (Å²) in [6, 6.07) is 9.97. The van der Waals surface area contributed by atoms with Crippen LogP contribution in [0.1, 0.15) is 17.3 Å². The Morgan fingerprint density at radius 1 is 1.03 bits per heavy atom. The van der Waals surface area contributed by atoms with Crippen LogP contribution in [-0.2, 0) is 19.4 Å². The van der Waals surface area contributed by atoms with Crippen LogP contribution in [-0.4, -0.2) is 54.3 Å². The van der Waals surface area contributed by atoms with Crippen LogP contribution in [0, 0.1) is 12.7 Å². The van der Waals surface area contributed by atoms with E-state index in [0.29, 0.717) is 16.9 Å². The maximum absolute atomic E-state index is 13.5. The smallest absolute Gasteiger partial charge is 0.471 e. The first-order valence-electron chi connectivity index (χ1n) is 9.98. The topological polar surface area (TPSA) is 96.7 Å². The Morgan fingerprint density at radius 2 is 1.57 bits per heavy atom. The number of carboxylic acid groups (broad SMARTS) is 1. The Morgan fingerprint density at radius 3 is 2.03 bits per heavy atom. The van der Waals surface area contributed by atoms with Crippen LogP contribution in [0.15, 0.2) is 59.5 Å². The van der Waals surface area contributed by atoms with Gasteiger partial charge in [0.15, 0.2) is 15.9 Å². The molecule has 1 aromatic heterocycles. The van der Waals surface area contributed by atoms with Crippen molar-refractivity contribution in [2.45, 2.75) is 24.0 Å². The maximum Gasteiger partial charge on any atom is 0.471 e. The van der Waals surface area contributed by atoms with Crippen LogP contribution in [0.5, 0.6) is 0 Å². The highest BCUT2D eigenvalue weighted by atomic mass is 32.2. The third-order valence-corrected chi connectivity index (χ3v) is 6.56. The van der Waals surface area contributed by atoms with Gasteiger partial charge in [-0.1, -0.05) is 12.1 Å². The van der Waals surface area contributed by atoms with Gasteiger partial charge in [-0.15, -0.1) is 0 Å². The monoisotopic (exact) mass is 512 g/mol. The van der Waals surface area contributed by atoms with Gasteiger partial charge in [0.25, 0.3) is 0 Å². The summed E-state index contributed by atoms with van der Waals surface area (Å²) in [6.45, 7) is 1.45. The number of halogens is 4. The molecule has 0 aliphatic carbocycles. The van der Waals surface area contributed by atoms with Gasteiger partial charge in [-0.25, -0.2) is 17.6 Å². The fourth-order valence-corrected chi connectivity index (χ4v) is 4.37. The largest absolute Gasteiger partial charge is 0.479 e. The van der Waals surface area contributed by atoms with Crippen LogP contribution in [0.4, 0.5) is 17.6 Å². The molecule has 0 aliphatic heterocycles. The number of aromatic nitrogens is 1. The van der Waals surface area contributed by atoms with Crippen LogP contribution in [0.3, 0.4) is 0 Å². The molecule has 0 unspecified atom stereocenters. The van der Waals surface area contributed by atoms with Crippen LogP contribution in [0.25, 0.3) is 16.9 Å². The zero-order chi connectivity index (χ0) is 26.3. The molecule has 3 aromatic rings. The SMILES string of the molecule is Cc1c([C@H](C(=O)O)N(C)C(=O)C(F)(F)F)cc(-c2ccc(S(C)(=O)=O)cc2)n1-c1ccc(F)cc1. The number of carbonyl (C=O) groups is 2. The second kappa shape index (κ2) is 9.17. The van der Waals surface area contributed by atoms with Gasteiger partial charge in [0.1, 0.15) is 5.82 Å². The predicted octanol–water partition coefficient (Wildman–Crippen LogP) is 4.14. The summed E-state index contributed by atoms with van der Waals surface area (Å²) in [7, 11) is -2.77. The highest BCUT2D eigenvalue weighted by molar-refractivity contribution is 7.90. The first kappa shape index (κ1) is 25.9. The highest BCUT2D eigenvalue weighted by Gasteiger charge is 2.45. The van der Waals surface area contributed by atoms with Crippen molar-refractivity contribution in [3.63, 3.8) is 0 Å². The van der Waals surface area contributed by atoms with Gasteiger partial charge in [0, 0.05) is 30.2 Å². The second-order valence-corrected chi connectivity index (χ2v) is 9.85. The number of sulfone groups is 1. The molecular weight excluding hydrogens is 492 g/mol. The quantitative estimate of drug-likeness (QED) is 0.501. The minimum absolute atomic E-state index is 0.0250. The summed E-state index contributed by atoms with van der Waals surface area (Å²) in [6.07, 6.45) is -4.27. The molecule has 0 saturated heterocycles. The first-order chi connectivity index (χ1) is 16.1. The lowest BCUT2D eigenvalue weighted by Gasteiger charge is -2.26. The van der Waals surface area contributed by atoms with Gasteiger partial charge >= 0.3 is 18.1 Å². The molecule has 0 bridgehead atoms. The molecule has 1 atom stereocenters. The fraction of sp³-hybridized carbons (Fsp3) is 0.217. The summed E-state index contributed by atoms with van der Waals surface area (Å²) in [5.74, 6) is -4.57. The molecule has 7 nitrogen and oxygen atoms in total. The number of carbonyl (C=O) groups excluding carboxylic acids is 1. The number of hydrogen-bond donors (Lipinski definition) is 1. The number of nitrogens with zero attached hydrogens (tertiary/aromatic N) is 2. The van der Waals surface area contributed by atoms with Crippen molar-refractivity contribution in [3.8, 4) is 16.9 Å². The van der Waals surface area contributed by atoms with E-state index in [9.17, 15) is 40.7 Å². The Labute approximate surface area is 198 Å². The van der Waals surface area contributed by atoms with Crippen LogP contribution in [0.2, 0.25) is 0 Å². The van der Waals surface area contributed by atoms with E-state index in [1.165, 1.54) is 54.0 Å². The zero-order valence-corrected chi connectivity index (χ0v) is 19.5. The van der Waals surface area contributed by atoms with Crippen molar-refractivity contribution >= 4 is 21.7 Å². The van der Waals surface area contributed by atoms with Crippen molar-refractivity contribution in [3.05, 3.63) is 71.7 Å². The van der Waals surface area contributed by atoms with E-state index in [0.717, 1.165) is 25.4 Å². The van der Waals surface area contributed by atoms with Crippen molar-refractivity contribution in [2.24, 2.45) is 0 Å². The first-order valence-corrected chi connectivity index (χ1v) is 11.9. The minimum Gasteiger partial charge on any atom is -0.479 e. The van der Waals surface area contributed by atoms with Crippen LogP contribution >= 0.6 is 0 Å². The number of carboxylic acids is 1. The van der Waals surface area contributed by atoms with Crippen molar-refractivity contribution < 1.29 is 40.7 Å². The highest BCUT2D eigenvalue weighted by Crippen LogP contribution is 2.36. The van der Waals surface area contributed by atoms with E-state index in [1.807, 2.05) is 0 Å². The molecule has 2 aromatic carbocycles. The van der Waals surface area contributed by atoms with Crippen molar-refractivity contribution in [2.75, 3.05) is 13.3 Å². The van der Waals surface area contributed by atoms with Gasteiger partial charge in [0.05, 0.1) is 10.6 Å². The molecule has 0 spiro atoms. The second-order valence-electron chi connectivity index (χ2n) is 7.83. The van der Waals surface area contributed by atoms with E-state index in [-0.39, 0.29) is 21.1 Å². The molecule has 0 saturated carbocycles. The van der Waals surface area contributed by atoms with Gasteiger partial charge in [0.2, 0.25) is 0 Å². The third-order valence-electron chi connectivity index (χ3n) is 5.43. The number of hydrogen-bond acceptors (Lipinski definition) is 4. The van der Waals surface area contributed by atoms with Gasteiger partial charge in [-0.05, 0) is 55.0 Å².